The maximum absolute atomic E-state index is 12.0. The van der Waals surface area contributed by atoms with E-state index in [0.29, 0.717) is 22.9 Å². The molecule has 0 aliphatic heterocycles. The normalized spacial score (nSPS) is 10.1. The summed E-state index contributed by atoms with van der Waals surface area (Å²) in [7, 11) is 0. The fourth-order valence-corrected chi connectivity index (χ4v) is 1.88. The molecule has 0 aliphatic rings. The molecular weight excluding hydrogens is 276 g/mol. The van der Waals surface area contributed by atoms with Gasteiger partial charge in [-0.05, 0) is 43.3 Å². The molecule has 0 spiro atoms. The first-order chi connectivity index (χ1) is 9.70. The fourth-order valence-electron chi connectivity index (χ4n) is 1.69. The standard InChI is InChI=1S/C16H15ClO3/c1-2-19-13-9-7-12(8-10-13)15(18)11-20-16-6-4-3-5-14(16)17/h3-10H,2,11H2,1H3. The molecule has 0 heterocycles. The number of para-hydroxylation sites is 1. The van der Waals surface area contributed by atoms with Crippen molar-refractivity contribution in [2.45, 2.75) is 6.92 Å². The first-order valence-corrected chi connectivity index (χ1v) is 6.72. The second-order valence-electron chi connectivity index (χ2n) is 4.10. The minimum Gasteiger partial charge on any atom is -0.494 e. The molecule has 0 radical (unpaired) electrons. The fraction of sp³-hybridized carbons (Fsp3) is 0.188. The minimum atomic E-state index is -0.104. The van der Waals surface area contributed by atoms with Gasteiger partial charge in [-0.2, -0.15) is 0 Å². The molecule has 20 heavy (non-hydrogen) atoms. The smallest absolute Gasteiger partial charge is 0.200 e. The van der Waals surface area contributed by atoms with Gasteiger partial charge >= 0.3 is 0 Å². The van der Waals surface area contributed by atoms with E-state index in [2.05, 4.69) is 0 Å². The molecule has 2 aromatic rings. The number of hydrogen-bond acceptors (Lipinski definition) is 3. The van der Waals surface area contributed by atoms with E-state index in [1.54, 1.807) is 36.4 Å². The lowest BCUT2D eigenvalue weighted by Crippen LogP contribution is -2.11. The van der Waals surface area contributed by atoms with E-state index in [0.717, 1.165) is 5.75 Å². The van der Waals surface area contributed by atoms with Crippen molar-refractivity contribution in [1.82, 2.24) is 0 Å². The van der Waals surface area contributed by atoms with Crippen LogP contribution < -0.4 is 9.47 Å². The summed E-state index contributed by atoms with van der Waals surface area (Å²) in [5, 5.41) is 0.493. The monoisotopic (exact) mass is 290 g/mol. The van der Waals surface area contributed by atoms with Gasteiger partial charge in [-0.15, -0.1) is 0 Å². The molecule has 0 saturated carbocycles. The third-order valence-electron chi connectivity index (χ3n) is 2.68. The molecule has 0 amide bonds. The highest BCUT2D eigenvalue weighted by Gasteiger charge is 2.08. The number of benzene rings is 2. The molecule has 3 nitrogen and oxygen atoms in total. The molecule has 0 saturated heterocycles. The van der Waals surface area contributed by atoms with Gasteiger partial charge in [-0.1, -0.05) is 23.7 Å². The zero-order valence-corrected chi connectivity index (χ0v) is 11.9. The molecule has 0 aromatic heterocycles. The molecule has 0 fully saturated rings. The van der Waals surface area contributed by atoms with Gasteiger partial charge in [0.1, 0.15) is 11.5 Å². The van der Waals surface area contributed by atoms with Crippen molar-refractivity contribution >= 4 is 17.4 Å². The second kappa shape index (κ2) is 6.96. The van der Waals surface area contributed by atoms with Crippen LogP contribution in [-0.4, -0.2) is 19.0 Å². The predicted molar refractivity (Wildman–Crippen MR) is 78.9 cm³/mol. The molecule has 0 N–H and O–H groups in total. The van der Waals surface area contributed by atoms with E-state index >= 15 is 0 Å². The SMILES string of the molecule is CCOc1ccc(C(=O)COc2ccccc2Cl)cc1. The summed E-state index contributed by atoms with van der Waals surface area (Å²) in [5.41, 5.74) is 0.584. The Balaban J connectivity index is 1.96. The number of hydrogen-bond donors (Lipinski definition) is 0. The van der Waals surface area contributed by atoms with Gasteiger partial charge in [-0.25, -0.2) is 0 Å². The van der Waals surface area contributed by atoms with Crippen molar-refractivity contribution in [3.05, 3.63) is 59.1 Å². The summed E-state index contributed by atoms with van der Waals surface area (Å²) in [6.45, 7) is 2.47. The van der Waals surface area contributed by atoms with Crippen molar-refractivity contribution in [3.8, 4) is 11.5 Å². The van der Waals surface area contributed by atoms with E-state index in [9.17, 15) is 4.79 Å². The van der Waals surface area contributed by atoms with Crippen LogP contribution >= 0.6 is 11.6 Å². The Bertz CT molecular complexity index is 579. The Morgan fingerprint density at radius 1 is 1.05 bits per heavy atom. The maximum atomic E-state index is 12.0. The van der Waals surface area contributed by atoms with Crippen LogP contribution in [-0.2, 0) is 0 Å². The summed E-state index contributed by atoms with van der Waals surface area (Å²) >= 11 is 5.96. The van der Waals surface area contributed by atoms with E-state index < -0.39 is 0 Å². The Morgan fingerprint density at radius 2 is 1.75 bits per heavy atom. The Labute approximate surface area is 123 Å². The number of ether oxygens (including phenoxy) is 2. The summed E-state index contributed by atoms with van der Waals surface area (Å²) in [6.07, 6.45) is 0. The lowest BCUT2D eigenvalue weighted by Gasteiger charge is -2.07. The van der Waals surface area contributed by atoms with Crippen LogP contribution in [0.2, 0.25) is 5.02 Å². The highest BCUT2D eigenvalue weighted by Crippen LogP contribution is 2.23. The minimum absolute atomic E-state index is 0.0439. The van der Waals surface area contributed by atoms with Crippen LogP contribution in [0.4, 0.5) is 0 Å². The summed E-state index contributed by atoms with van der Waals surface area (Å²) in [4.78, 5) is 12.0. The number of carbonyl (C=O) groups excluding carboxylic acids is 1. The molecule has 4 heteroatoms. The zero-order valence-electron chi connectivity index (χ0n) is 11.1. The van der Waals surface area contributed by atoms with E-state index in [1.165, 1.54) is 0 Å². The summed E-state index contributed by atoms with van der Waals surface area (Å²) < 4.78 is 10.7. The molecule has 0 atom stereocenters. The summed E-state index contributed by atoms with van der Waals surface area (Å²) in [6, 6.07) is 14.1. The van der Waals surface area contributed by atoms with Gasteiger partial charge in [0.25, 0.3) is 0 Å². The van der Waals surface area contributed by atoms with E-state index in [1.807, 2.05) is 19.1 Å². The van der Waals surface area contributed by atoms with Gasteiger partial charge < -0.3 is 9.47 Å². The maximum Gasteiger partial charge on any atom is 0.200 e. The molecule has 0 bridgehead atoms. The third kappa shape index (κ3) is 3.75. The van der Waals surface area contributed by atoms with Gasteiger partial charge in [0, 0.05) is 5.56 Å². The molecule has 0 unspecified atom stereocenters. The van der Waals surface area contributed by atoms with Crippen molar-refractivity contribution < 1.29 is 14.3 Å². The third-order valence-corrected chi connectivity index (χ3v) is 2.99. The number of Topliss-reactive ketones (excluding diaryl/α,β-unsaturated/α-hetero) is 1. The number of ketones is 1. The molecule has 2 rings (SSSR count). The van der Waals surface area contributed by atoms with Crippen LogP contribution in [0.3, 0.4) is 0 Å². The number of halogens is 1. The Hall–Kier alpha value is -2.00. The van der Waals surface area contributed by atoms with E-state index in [-0.39, 0.29) is 12.4 Å². The highest BCUT2D eigenvalue weighted by molar-refractivity contribution is 6.32. The van der Waals surface area contributed by atoms with Gasteiger partial charge in [0.05, 0.1) is 11.6 Å². The second-order valence-corrected chi connectivity index (χ2v) is 4.51. The van der Waals surface area contributed by atoms with E-state index in [4.69, 9.17) is 21.1 Å². The van der Waals surface area contributed by atoms with Crippen molar-refractivity contribution in [3.63, 3.8) is 0 Å². The first kappa shape index (κ1) is 14.4. The average molecular weight is 291 g/mol. The van der Waals surface area contributed by atoms with Crippen LogP contribution in [0.25, 0.3) is 0 Å². The lowest BCUT2D eigenvalue weighted by molar-refractivity contribution is 0.0921. The van der Waals surface area contributed by atoms with Crippen LogP contribution in [0, 0.1) is 0 Å². The largest absolute Gasteiger partial charge is 0.494 e. The average Bonchev–Trinajstić information content (AvgIpc) is 2.47. The lowest BCUT2D eigenvalue weighted by atomic mass is 10.1. The van der Waals surface area contributed by atoms with Crippen LogP contribution in [0.15, 0.2) is 48.5 Å². The van der Waals surface area contributed by atoms with Crippen LogP contribution in [0.1, 0.15) is 17.3 Å². The highest BCUT2D eigenvalue weighted by atomic mass is 35.5. The number of carbonyl (C=O) groups is 1. The zero-order chi connectivity index (χ0) is 14.4. The summed E-state index contributed by atoms with van der Waals surface area (Å²) in [5.74, 6) is 1.15. The molecule has 104 valence electrons. The van der Waals surface area contributed by atoms with Crippen molar-refractivity contribution in [2.75, 3.05) is 13.2 Å². The van der Waals surface area contributed by atoms with Crippen molar-refractivity contribution in [2.24, 2.45) is 0 Å². The number of rotatable bonds is 6. The quantitative estimate of drug-likeness (QED) is 0.754. The predicted octanol–water partition coefficient (Wildman–Crippen LogP) is 4.00. The molecular formula is C16H15ClO3. The first-order valence-electron chi connectivity index (χ1n) is 6.34. The Morgan fingerprint density at radius 3 is 2.40 bits per heavy atom. The van der Waals surface area contributed by atoms with Crippen molar-refractivity contribution in [1.29, 1.82) is 0 Å². The Kier molecular flexibility index (Phi) is 5.02. The molecule has 2 aromatic carbocycles. The molecule has 0 aliphatic carbocycles. The van der Waals surface area contributed by atoms with Gasteiger partial charge in [0.15, 0.2) is 12.4 Å². The van der Waals surface area contributed by atoms with Gasteiger partial charge in [-0.3, -0.25) is 4.79 Å². The van der Waals surface area contributed by atoms with Gasteiger partial charge in [0.2, 0.25) is 0 Å². The topological polar surface area (TPSA) is 35.5 Å². The van der Waals surface area contributed by atoms with Crippen LogP contribution in [0.5, 0.6) is 11.5 Å².